The van der Waals surface area contributed by atoms with Crippen molar-refractivity contribution in [1.29, 1.82) is 0 Å². The molecule has 0 saturated carbocycles. The van der Waals surface area contributed by atoms with Crippen LogP contribution in [0.25, 0.3) is 11.5 Å². The summed E-state index contributed by atoms with van der Waals surface area (Å²) in [5.41, 5.74) is 1.07. The Labute approximate surface area is 145 Å². The lowest BCUT2D eigenvalue weighted by Crippen LogP contribution is -2.44. The SMILES string of the molecule is Cc1noc(-c2ccc3c(c2)NC[C@H](NC(=O)OC(C)(C)C)CO3)n1. The fraction of sp³-hybridized carbons (Fsp3) is 0.471. The lowest BCUT2D eigenvalue weighted by Gasteiger charge is -2.22. The molecule has 8 heteroatoms. The maximum Gasteiger partial charge on any atom is 0.408 e. The third-order valence-corrected chi connectivity index (χ3v) is 3.45. The number of rotatable bonds is 2. The first-order valence-electron chi connectivity index (χ1n) is 8.11. The minimum atomic E-state index is -0.539. The smallest absolute Gasteiger partial charge is 0.408 e. The van der Waals surface area contributed by atoms with Crippen LogP contribution in [0, 0.1) is 6.92 Å². The second-order valence-electron chi connectivity index (χ2n) is 6.89. The van der Waals surface area contributed by atoms with E-state index in [-0.39, 0.29) is 6.04 Å². The van der Waals surface area contributed by atoms with Gasteiger partial charge in [-0.15, -0.1) is 0 Å². The quantitative estimate of drug-likeness (QED) is 0.862. The third-order valence-electron chi connectivity index (χ3n) is 3.45. The third kappa shape index (κ3) is 4.40. The second-order valence-corrected chi connectivity index (χ2v) is 6.89. The van der Waals surface area contributed by atoms with Crippen molar-refractivity contribution in [3.63, 3.8) is 0 Å². The Hall–Kier alpha value is -2.77. The normalized spacial score (nSPS) is 16.9. The molecule has 2 aromatic rings. The summed E-state index contributed by atoms with van der Waals surface area (Å²) in [7, 11) is 0. The standard InChI is InChI=1S/C17H22N4O4/c1-10-19-15(25-21-10)11-5-6-14-13(7-11)18-8-12(9-23-14)20-16(22)24-17(2,3)4/h5-7,12,18H,8-9H2,1-4H3,(H,20,22)/t12-/m0/s1. The maximum absolute atomic E-state index is 11.9. The number of amides is 1. The van der Waals surface area contributed by atoms with Crippen molar-refractivity contribution in [3.05, 3.63) is 24.0 Å². The predicted molar refractivity (Wildman–Crippen MR) is 91.6 cm³/mol. The molecule has 2 N–H and O–H groups in total. The van der Waals surface area contributed by atoms with Crippen molar-refractivity contribution in [2.45, 2.75) is 39.3 Å². The summed E-state index contributed by atoms with van der Waals surface area (Å²) in [5.74, 6) is 1.74. The minimum Gasteiger partial charge on any atom is -0.489 e. The first-order valence-corrected chi connectivity index (χ1v) is 8.11. The Morgan fingerprint density at radius 1 is 1.40 bits per heavy atom. The number of ether oxygens (including phenoxy) is 2. The van der Waals surface area contributed by atoms with Gasteiger partial charge in [0.05, 0.1) is 11.7 Å². The zero-order chi connectivity index (χ0) is 18.0. The average molecular weight is 346 g/mol. The highest BCUT2D eigenvalue weighted by atomic mass is 16.6. The molecule has 1 aliphatic rings. The number of fused-ring (bicyclic) bond motifs is 1. The highest BCUT2D eigenvalue weighted by molar-refractivity contribution is 5.70. The molecular weight excluding hydrogens is 324 g/mol. The summed E-state index contributed by atoms with van der Waals surface area (Å²) < 4.78 is 16.3. The van der Waals surface area contributed by atoms with E-state index in [0.29, 0.717) is 30.6 Å². The molecule has 8 nitrogen and oxygen atoms in total. The molecule has 25 heavy (non-hydrogen) atoms. The van der Waals surface area contributed by atoms with E-state index >= 15 is 0 Å². The topological polar surface area (TPSA) is 98.5 Å². The maximum atomic E-state index is 11.9. The van der Waals surface area contributed by atoms with Crippen LogP contribution >= 0.6 is 0 Å². The van der Waals surface area contributed by atoms with Crippen molar-refractivity contribution in [2.24, 2.45) is 0 Å². The Morgan fingerprint density at radius 3 is 2.88 bits per heavy atom. The first kappa shape index (κ1) is 17.1. The number of aromatic nitrogens is 2. The number of carbonyl (C=O) groups is 1. The fourth-order valence-corrected chi connectivity index (χ4v) is 2.39. The van der Waals surface area contributed by atoms with Gasteiger partial charge in [-0.1, -0.05) is 5.16 Å². The van der Waals surface area contributed by atoms with Gasteiger partial charge in [-0.25, -0.2) is 4.79 Å². The molecule has 0 aliphatic carbocycles. The summed E-state index contributed by atoms with van der Waals surface area (Å²) in [5, 5.41) is 9.88. The number of alkyl carbamates (subject to hydrolysis) is 1. The van der Waals surface area contributed by atoms with E-state index in [1.807, 2.05) is 39.0 Å². The highest BCUT2D eigenvalue weighted by Gasteiger charge is 2.23. The molecule has 1 aromatic heterocycles. The van der Waals surface area contributed by atoms with Gasteiger partial charge in [0, 0.05) is 12.1 Å². The van der Waals surface area contributed by atoms with Crippen LogP contribution < -0.4 is 15.4 Å². The van der Waals surface area contributed by atoms with Crippen molar-refractivity contribution in [3.8, 4) is 17.2 Å². The fourth-order valence-electron chi connectivity index (χ4n) is 2.39. The molecule has 1 amide bonds. The molecule has 1 aliphatic heterocycles. The van der Waals surface area contributed by atoms with Crippen LogP contribution in [0.15, 0.2) is 22.7 Å². The van der Waals surface area contributed by atoms with E-state index in [9.17, 15) is 4.79 Å². The second kappa shape index (κ2) is 6.62. The van der Waals surface area contributed by atoms with Gasteiger partial charge in [0.2, 0.25) is 0 Å². The zero-order valence-electron chi connectivity index (χ0n) is 14.8. The Morgan fingerprint density at radius 2 is 2.20 bits per heavy atom. The van der Waals surface area contributed by atoms with Crippen molar-refractivity contribution in [2.75, 3.05) is 18.5 Å². The Bertz CT molecular complexity index is 766. The van der Waals surface area contributed by atoms with Crippen LogP contribution in [0.4, 0.5) is 10.5 Å². The molecule has 2 heterocycles. The molecule has 1 aromatic carbocycles. The lowest BCUT2D eigenvalue weighted by molar-refractivity contribution is 0.0493. The molecule has 0 radical (unpaired) electrons. The molecule has 3 rings (SSSR count). The predicted octanol–water partition coefficient (Wildman–Crippen LogP) is 2.74. The summed E-state index contributed by atoms with van der Waals surface area (Å²) >= 11 is 0. The van der Waals surface area contributed by atoms with Crippen LogP contribution in [0.3, 0.4) is 0 Å². The Kier molecular flexibility index (Phi) is 4.52. The van der Waals surface area contributed by atoms with Gasteiger partial charge in [0.1, 0.15) is 18.0 Å². The van der Waals surface area contributed by atoms with E-state index < -0.39 is 11.7 Å². The molecule has 0 unspecified atom stereocenters. The van der Waals surface area contributed by atoms with Crippen LogP contribution in [-0.4, -0.2) is 41.0 Å². The van der Waals surface area contributed by atoms with Gasteiger partial charge in [-0.3, -0.25) is 0 Å². The van der Waals surface area contributed by atoms with Gasteiger partial charge in [-0.2, -0.15) is 4.98 Å². The molecule has 0 fully saturated rings. The van der Waals surface area contributed by atoms with E-state index in [0.717, 1.165) is 11.3 Å². The number of nitrogens with one attached hydrogen (secondary N) is 2. The van der Waals surface area contributed by atoms with Gasteiger partial charge >= 0.3 is 6.09 Å². The highest BCUT2D eigenvalue weighted by Crippen LogP contribution is 2.31. The number of hydrogen-bond acceptors (Lipinski definition) is 7. The molecular formula is C17H22N4O4. The average Bonchev–Trinajstić information content (AvgIpc) is 2.85. The van der Waals surface area contributed by atoms with Crippen LogP contribution in [0.2, 0.25) is 0 Å². The number of aryl methyl sites for hydroxylation is 1. The summed E-state index contributed by atoms with van der Waals surface area (Å²) in [6.45, 7) is 8.10. The molecule has 134 valence electrons. The monoisotopic (exact) mass is 346 g/mol. The van der Waals surface area contributed by atoms with Crippen LogP contribution in [0.5, 0.6) is 5.75 Å². The van der Waals surface area contributed by atoms with Gasteiger partial charge in [0.25, 0.3) is 5.89 Å². The molecule has 0 spiro atoms. The molecule has 1 atom stereocenters. The zero-order valence-corrected chi connectivity index (χ0v) is 14.8. The minimum absolute atomic E-state index is 0.212. The van der Waals surface area contributed by atoms with Crippen molar-refractivity contribution < 1.29 is 18.8 Å². The van der Waals surface area contributed by atoms with Gasteiger partial charge in [0.15, 0.2) is 5.82 Å². The van der Waals surface area contributed by atoms with Crippen molar-refractivity contribution >= 4 is 11.8 Å². The Balaban J connectivity index is 1.67. The number of nitrogens with zero attached hydrogens (tertiary/aromatic N) is 2. The van der Waals surface area contributed by atoms with Gasteiger partial charge in [-0.05, 0) is 45.9 Å². The van der Waals surface area contributed by atoms with Gasteiger partial charge < -0.3 is 24.6 Å². The van der Waals surface area contributed by atoms with E-state index in [4.69, 9.17) is 14.0 Å². The van der Waals surface area contributed by atoms with Crippen LogP contribution in [0.1, 0.15) is 26.6 Å². The first-order chi connectivity index (χ1) is 11.8. The number of hydrogen-bond donors (Lipinski definition) is 2. The summed E-state index contributed by atoms with van der Waals surface area (Å²) in [6.07, 6.45) is -0.462. The van der Waals surface area contributed by atoms with Crippen molar-refractivity contribution in [1.82, 2.24) is 15.5 Å². The number of anilines is 1. The number of carbonyl (C=O) groups excluding carboxylic acids is 1. The molecule has 0 bridgehead atoms. The summed E-state index contributed by atoms with van der Waals surface area (Å²) in [4.78, 5) is 16.1. The van der Waals surface area contributed by atoms with E-state index in [1.54, 1.807) is 6.92 Å². The summed E-state index contributed by atoms with van der Waals surface area (Å²) in [6, 6.07) is 5.37. The largest absolute Gasteiger partial charge is 0.489 e. The lowest BCUT2D eigenvalue weighted by atomic mass is 10.2. The van der Waals surface area contributed by atoms with E-state index in [1.165, 1.54) is 0 Å². The molecule has 0 saturated heterocycles. The van der Waals surface area contributed by atoms with Crippen LogP contribution in [-0.2, 0) is 4.74 Å². The van der Waals surface area contributed by atoms with E-state index in [2.05, 4.69) is 20.8 Å². The number of benzene rings is 1.